The van der Waals surface area contributed by atoms with E-state index in [-0.39, 0.29) is 0 Å². The van der Waals surface area contributed by atoms with Gasteiger partial charge in [0, 0.05) is 61.8 Å². The monoisotopic (exact) mass is 388 g/mol. The first-order valence-electron chi connectivity index (χ1n) is 10.7. The molecule has 1 aromatic carbocycles. The van der Waals surface area contributed by atoms with E-state index in [1.54, 1.807) is 6.20 Å². The van der Waals surface area contributed by atoms with E-state index >= 15 is 0 Å². The van der Waals surface area contributed by atoms with Gasteiger partial charge >= 0.3 is 0 Å². The third-order valence-corrected chi connectivity index (χ3v) is 6.28. The maximum Gasteiger partial charge on any atom is 0.0530 e. The van der Waals surface area contributed by atoms with Crippen LogP contribution in [0.4, 0.5) is 5.69 Å². The maximum absolute atomic E-state index is 3.86. The summed E-state index contributed by atoms with van der Waals surface area (Å²) in [6, 6.07) is 7.05. The van der Waals surface area contributed by atoms with Crippen LogP contribution in [0.25, 0.3) is 17.1 Å². The number of likely N-dealkylation sites (N-methyl/N-ethyl adjacent to an activating group) is 1. The lowest BCUT2D eigenvalue weighted by Crippen LogP contribution is -2.26. The molecular weight excluding hydrogens is 356 g/mol. The number of benzene rings is 1. The molecule has 0 bridgehead atoms. The molecule has 2 aliphatic rings. The van der Waals surface area contributed by atoms with Gasteiger partial charge < -0.3 is 14.4 Å². The molecule has 0 saturated carbocycles. The van der Waals surface area contributed by atoms with Gasteiger partial charge in [-0.15, -0.1) is 0 Å². The number of anilines is 1. The summed E-state index contributed by atoms with van der Waals surface area (Å²) < 4.78 is 2.43. The minimum atomic E-state index is 1.02. The average molecular weight is 389 g/mol. The topological polar surface area (TPSA) is 23.8 Å². The number of hydrogen-bond donors (Lipinski definition) is 0. The van der Waals surface area contributed by atoms with Gasteiger partial charge in [0.25, 0.3) is 0 Å². The van der Waals surface area contributed by atoms with Crippen molar-refractivity contribution in [3.05, 3.63) is 59.0 Å². The van der Waals surface area contributed by atoms with Crippen molar-refractivity contribution in [1.82, 2.24) is 9.47 Å². The van der Waals surface area contributed by atoms with Gasteiger partial charge in [0.2, 0.25) is 0 Å². The molecule has 1 fully saturated rings. The molecule has 152 valence electrons. The Labute approximate surface area is 174 Å². The molecule has 0 atom stereocenters. The van der Waals surface area contributed by atoms with E-state index in [1.807, 2.05) is 6.08 Å². The molecule has 4 heteroatoms. The van der Waals surface area contributed by atoms with Crippen molar-refractivity contribution < 1.29 is 0 Å². The van der Waals surface area contributed by atoms with Gasteiger partial charge in [-0.05, 0) is 81.4 Å². The smallest absolute Gasteiger partial charge is 0.0530 e. The first-order valence-corrected chi connectivity index (χ1v) is 10.7. The molecule has 4 nitrogen and oxygen atoms in total. The van der Waals surface area contributed by atoms with Crippen molar-refractivity contribution in [3.8, 4) is 0 Å². The van der Waals surface area contributed by atoms with Crippen LogP contribution < -0.4 is 4.90 Å². The summed E-state index contributed by atoms with van der Waals surface area (Å²) in [4.78, 5) is 8.82. The van der Waals surface area contributed by atoms with Gasteiger partial charge in [-0.2, -0.15) is 0 Å². The van der Waals surface area contributed by atoms with Crippen LogP contribution in [-0.2, 0) is 13.0 Å². The van der Waals surface area contributed by atoms with Gasteiger partial charge in [0.1, 0.15) is 0 Å². The predicted molar refractivity (Wildman–Crippen MR) is 126 cm³/mol. The molecule has 0 N–H and O–H groups in total. The second-order valence-corrected chi connectivity index (χ2v) is 8.23. The van der Waals surface area contributed by atoms with Crippen molar-refractivity contribution in [1.29, 1.82) is 0 Å². The number of hydrogen-bond acceptors (Lipinski definition) is 3. The molecule has 0 spiro atoms. The molecule has 29 heavy (non-hydrogen) atoms. The minimum absolute atomic E-state index is 1.02. The standard InChI is InChI=1S/C25H32N4/c1-5-20(10-12-26-3)19(2)17-29-24-9-8-21(28-13-6-7-14-28)16-22(24)23-18-27(4)15-11-25(23)29/h5,8-10,12,16-17H,3,6-7,11,13-15,18H2,1-2,4H3/b12-10-,19-17+,20-5+. The molecule has 0 unspecified atom stereocenters. The van der Waals surface area contributed by atoms with E-state index in [9.17, 15) is 0 Å². The van der Waals surface area contributed by atoms with Crippen LogP contribution in [0.15, 0.2) is 52.7 Å². The zero-order chi connectivity index (χ0) is 20.4. The lowest BCUT2D eigenvalue weighted by Gasteiger charge is -2.24. The Morgan fingerprint density at radius 1 is 1.17 bits per heavy atom. The third-order valence-electron chi connectivity index (χ3n) is 6.28. The molecule has 1 saturated heterocycles. The summed E-state index contributed by atoms with van der Waals surface area (Å²) in [5, 5.41) is 1.41. The highest BCUT2D eigenvalue weighted by molar-refractivity contribution is 5.91. The van der Waals surface area contributed by atoms with Crippen LogP contribution in [0.1, 0.15) is 37.9 Å². The van der Waals surface area contributed by atoms with E-state index in [4.69, 9.17) is 0 Å². The fourth-order valence-electron chi connectivity index (χ4n) is 4.69. The Hall–Kier alpha value is -2.59. The number of nitrogens with zero attached hydrogens (tertiary/aromatic N) is 4. The molecule has 1 aromatic heterocycles. The van der Waals surface area contributed by atoms with Gasteiger partial charge in [-0.25, -0.2) is 0 Å². The molecule has 0 aliphatic carbocycles. The molecule has 4 rings (SSSR count). The van der Waals surface area contributed by atoms with Crippen molar-refractivity contribution in [2.45, 2.75) is 39.7 Å². The van der Waals surface area contributed by atoms with Crippen LogP contribution in [0.5, 0.6) is 0 Å². The molecule has 2 aliphatic heterocycles. The molecule has 2 aromatic rings. The Bertz CT molecular complexity index is 999. The highest BCUT2D eigenvalue weighted by Gasteiger charge is 2.23. The average Bonchev–Trinajstić information content (AvgIpc) is 3.36. The normalized spacial score (nSPS) is 18.8. The first-order chi connectivity index (χ1) is 14.1. The van der Waals surface area contributed by atoms with Gasteiger partial charge in [-0.3, -0.25) is 4.99 Å². The number of fused-ring (bicyclic) bond motifs is 3. The third kappa shape index (κ3) is 3.82. The summed E-state index contributed by atoms with van der Waals surface area (Å²) in [5.41, 5.74) is 8.04. The van der Waals surface area contributed by atoms with Crippen LogP contribution in [0, 0.1) is 0 Å². The molecule has 0 amide bonds. The Balaban J connectivity index is 1.84. The quantitative estimate of drug-likeness (QED) is 0.516. The number of aromatic nitrogens is 1. The van der Waals surface area contributed by atoms with Crippen molar-refractivity contribution >= 4 is 29.5 Å². The van der Waals surface area contributed by atoms with Crippen molar-refractivity contribution in [2.75, 3.05) is 31.6 Å². The lowest BCUT2D eigenvalue weighted by molar-refractivity contribution is 0.312. The second kappa shape index (κ2) is 8.42. The lowest BCUT2D eigenvalue weighted by atomic mass is 10.0. The van der Waals surface area contributed by atoms with Crippen LogP contribution in [-0.4, -0.2) is 42.9 Å². The largest absolute Gasteiger partial charge is 0.372 e. The summed E-state index contributed by atoms with van der Waals surface area (Å²) in [7, 11) is 2.22. The fraction of sp³-hybridized carbons (Fsp3) is 0.400. The van der Waals surface area contributed by atoms with Crippen LogP contribution in [0.3, 0.4) is 0 Å². The maximum atomic E-state index is 3.86. The first kappa shape index (κ1) is 19.7. The van der Waals surface area contributed by atoms with Crippen LogP contribution in [0.2, 0.25) is 0 Å². The van der Waals surface area contributed by atoms with Gasteiger partial charge in [-0.1, -0.05) is 6.08 Å². The molecule has 3 heterocycles. The SMILES string of the molecule is C=N\C=C/C(=C\C)C(/C)=C/n1c2c(c3cc(N4CCCC4)ccc31)CN(C)CC2. The van der Waals surface area contributed by atoms with Gasteiger partial charge in [0.15, 0.2) is 0 Å². The highest BCUT2D eigenvalue weighted by Crippen LogP contribution is 2.35. The van der Waals surface area contributed by atoms with E-state index in [0.717, 1.165) is 19.5 Å². The predicted octanol–water partition coefficient (Wildman–Crippen LogP) is 5.25. The van der Waals surface area contributed by atoms with E-state index in [1.165, 1.54) is 64.9 Å². The van der Waals surface area contributed by atoms with Gasteiger partial charge in [0.05, 0.1) is 5.52 Å². The van der Waals surface area contributed by atoms with E-state index < -0.39 is 0 Å². The molecular formula is C25H32N4. The van der Waals surface area contributed by atoms with Crippen molar-refractivity contribution in [3.63, 3.8) is 0 Å². The van der Waals surface area contributed by atoms with Crippen LogP contribution >= 0.6 is 0 Å². The Kier molecular flexibility index (Phi) is 5.72. The Morgan fingerprint density at radius 2 is 1.97 bits per heavy atom. The minimum Gasteiger partial charge on any atom is -0.372 e. The highest BCUT2D eigenvalue weighted by atomic mass is 15.1. The molecule has 0 radical (unpaired) electrons. The summed E-state index contributed by atoms with van der Waals surface area (Å²) in [6.07, 6.45) is 11.9. The van der Waals surface area contributed by atoms with E-state index in [0.29, 0.717) is 0 Å². The zero-order valence-corrected chi connectivity index (χ0v) is 18.0. The number of aliphatic imine (C=N–C) groups is 1. The second-order valence-electron chi connectivity index (χ2n) is 8.23. The summed E-state index contributed by atoms with van der Waals surface area (Å²) >= 11 is 0. The van der Waals surface area contributed by atoms with Crippen molar-refractivity contribution in [2.24, 2.45) is 4.99 Å². The summed E-state index contributed by atoms with van der Waals surface area (Å²) in [6.45, 7) is 12.3. The number of allylic oxidation sites excluding steroid dienone is 4. The Morgan fingerprint density at radius 3 is 2.69 bits per heavy atom. The summed E-state index contributed by atoms with van der Waals surface area (Å²) in [5.74, 6) is 0. The zero-order valence-electron chi connectivity index (χ0n) is 18.0. The number of rotatable bonds is 5. The fourth-order valence-corrected chi connectivity index (χ4v) is 4.69. The van der Waals surface area contributed by atoms with E-state index in [2.05, 4.69) is 77.4 Å².